The van der Waals surface area contributed by atoms with Gasteiger partial charge < -0.3 is 9.84 Å². The fraction of sp³-hybridized carbons (Fsp3) is 0.818. The van der Waals surface area contributed by atoms with E-state index in [-0.39, 0.29) is 0 Å². The third kappa shape index (κ3) is 2.41. The Labute approximate surface area is 95.2 Å². The van der Waals surface area contributed by atoms with Crippen molar-refractivity contribution >= 4 is 0 Å². The molecule has 1 atom stereocenters. The molecule has 5 heteroatoms. The molecule has 88 valence electrons. The molecule has 1 aliphatic heterocycles. The summed E-state index contributed by atoms with van der Waals surface area (Å²) in [5.74, 6) is 1.46. The van der Waals surface area contributed by atoms with E-state index in [9.17, 15) is 0 Å². The molecule has 1 unspecified atom stereocenters. The van der Waals surface area contributed by atoms with Gasteiger partial charge in [-0.1, -0.05) is 5.16 Å². The highest BCUT2D eigenvalue weighted by atomic mass is 16.5. The van der Waals surface area contributed by atoms with Crippen molar-refractivity contribution < 1.29 is 4.52 Å². The van der Waals surface area contributed by atoms with Gasteiger partial charge in [-0.05, 0) is 19.3 Å². The third-order valence-corrected chi connectivity index (χ3v) is 3.26. The van der Waals surface area contributed by atoms with Gasteiger partial charge >= 0.3 is 0 Å². The smallest absolute Gasteiger partial charge is 0.223 e. The van der Waals surface area contributed by atoms with E-state index in [2.05, 4.69) is 20.4 Å². The van der Waals surface area contributed by atoms with Crippen LogP contribution in [0.1, 0.15) is 31.0 Å². The Kier molecular flexibility index (Phi) is 2.65. The first-order valence-corrected chi connectivity index (χ1v) is 6.07. The number of rotatable bonds is 4. The Balaban J connectivity index is 1.49. The quantitative estimate of drug-likeness (QED) is 0.813. The SMILES string of the molecule is Cc1nc(CN2CCC(NC3CC3)C2)no1. The minimum atomic E-state index is 0.654. The lowest BCUT2D eigenvalue weighted by Gasteiger charge is -2.14. The van der Waals surface area contributed by atoms with Gasteiger partial charge in [-0.2, -0.15) is 4.98 Å². The molecule has 1 N–H and O–H groups in total. The van der Waals surface area contributed by atoms with Gasteiger partial charge in [0.1, 0.15) is 0 Å². The van der Waals surface area contributed by atoms with Gasteiger partial charge in [0, 0.05) is 32.1 Å². The van der Waals surface area contributed by atoms with Crippen LogP contribution in [0.5, 0.6) is 0 Å². The molecule has 16 heavy (non-hydrogen) atoms. The number of nitrogens with one attached hydrogen (secondary N) is 1. The maximum atomic E-state index is 4.97. The first kappa shape index (κ1) is 10.2. The van der Waals surface area contributed by atoms with Crippen molar-refractivity contribution in [3.05, 3.63) is 11.7 Å². The Morgan fingerprint density at radius 2 is 2.25 bits per heavy atom. The molecule has 1 saturated carbocycles. The van der Waals surface area contributed by atoms with Crippen LogP contribution in [0.3, 0.4) is 0 Å². The molecule has 0 amide bonds. The minimum absolute atomic E-state index is 0.654. The molecule has 0 bridgehead atoms. The van der Waals surface area contributed by atoms with E-state index < -0.39 is 0 Å². The van der Waals surface area contributed by atoms with Gasteiger partial charge in [0.15, 0.2) is 5.82 Å². The van der Waals surface area contributed by atoms with E-state index in [1.54, 1.807) is 0 Å². The van der Waals surface area contributed by atoms with Crippen molar-refractivity contribution in [3.63, 3.8) is 0 Å². The summed E-state index contributed by atoms with van der Waals surface area (Å²) in [7, 11) is 0. The maximum absolute atomic E-state index is 4.97. The lowest BCUT2D eigenvalue weighted by molar-refractivity contribution is 0.301. The summed E-state index contributed by atoms with van der Waals surface area (Å²) in [6.07, 6.45) is 3.97. The first-order chi connectivity index (χ1) is 7.79. The van der Waals surface area contributed by atoms with Crippen LogP contribution in [-0.2, 0) is 6.54 Å². The number of aryl methyl sites for hydroxylation is 1. The summed E-state index contributed by atoms with van der Waals surface area (Å²) in [4.78, 5) is 6.63. The highest BCUT2D eigenvalue weighted by Gasteiger charge is 2.29. The molecule has 0 radical (unpaired) electrons. The van der Waals surface area contributed by atoms with E-state index in [4.69, 9.17) is 4.52 Å². The summed E-state index contributed by atoms with van der Waals surface area (Å²) in [6.45, 7) is 4.90. The van der Waals surface area contributed by atoms with Crippen LogP contribution in [0.15, 0.2) is 4.52 Å². The normalized spacial score (nSPS) is 26.4. The van der Waals surface area contributed by atoms with Gasteiger partial charge in [-0.25, -0.2) is 0 Å². The van der Waals surface area contributed by atoms with E-state index in [0.29, 0.717) is 11.9 Å². The van der Waals surface area contributed by atoms with Crippen LogP contribution in [0.2, 0.25) is 0 Å². The number of aromatic nitrogens is 2. The van der Waals surface area contributed by atoms with Crippen molar-refractivity contribution in [3.8, 4) is 0 Å². The first-order valence-electron chi connectivity index (χ1n) is 6.07. The zero-order valence-corrected chi connectivity index (χ0v) is 9.65. The van der Waals surface area contributed by atoms with Crippen molar-refractivity contribution in [2.45, 2.75) is 44.8 Å². The molecule has 1 aliphatic carbocycles. The molecule has 1 saturated heterocycles. The fourth-order valence-electron chi connectivity index (χ4n) is 2.30. The largest absolute Gasteiger partial charge is 0.340 e. The van der Waals surface area contributed by atoms with Crippen LogP contribution in [0.4, 0.5) is 0 Å². The predicted octanol–water partition coefficient (Wildman–Crippen LogP) is 0.704. The molecular formula is C11H18N4O. The van der Waals surface area contributed by atoms with Crippen molar-refractivity contribution in [1.29, 1.82) is 0 Å². The molecule has 3 rings (SSSR count). The van der Waals surface area contributed by atoms with E-state index >= 15 is 0 Å². The highest BCUT2D eigenvalue weighted by Crippen LogP contribution is 2.22. The van der Waals surface area contributed by atoms with Gasteiger partial charge in [-0.3, -0.25) is 4.90 Å². The van der Waals surface area contributed by atoms with Crippen molar-refractivity contribution in [2.24, 2.45) is 0 Å². The fourth-order valence-corrected chi connectivity index (χ4v) is 2.30. The Morgan fingerprint density at radius 1 is 1.38 bits per heavy atom. The molecule has 2 fully saturated rings. The summed E-state index contributed by atoms with van der Waals surface area (Å²) in [5, 5.41) is 7.60. The average molecular weight is 222 g/mol. The Hall–Kier alpha value is -0.940. The highest BCUT2D eigenvalue weighted by molar-refractivity contribution is 4.92. The van der Waals surface area contributed by atoms with Crippen LogP contribution in [0, 0.1) is 6.92 Å². The summed E-state index contributed by atoms with van der Waals surface area (Å²) in [5.41, 5.74) is 0. The molecule has 0 spiro atoms. The number of likely N-dealkylation sites (tertiary alicyclic amines) is 1. The van der Waals surface area contributed by atoms with Crippen LogP contribution < -0.4 is 5.32 Å². The van der Waals surface area contributed by atoms with Crippen LogP contribution >= 0.6 is 0 Å². The molecule has 2 aliphatic rings. The summed E-state index contributed by atoms with van der Waals surface area (Å²) in [6, 6.07) is 1.47. The second-order valence-corrected chi connectivity index (χ2v) is 4.89. The van der Waals surface area contributed by atoms with Gasteiger partial charge in [-0.15, -0.1) is 0 Å². The zero-order valence-electron chi connectivity index (χ0n) is 9.65. The van der Waals surface area contributed by atoms with E-state index in [1.165, 1.54) is 19.3 Å². The number of hydrogen-bond donors (Lipinski definition) is 1. The molecule has 1 aromatic rings. The summed E-state index contributed by atoms with van der Waals surface area (Å²) >= 11 is 0. The van der Waals surface area contributed by atoms with Gasteiger partial charge in [0.2, 0.25) is 5.89 Å². The molecule has 1 aromatic heterocycles. The van der Waals surface area contributed by atoms with Crippen molar-refractivity contribution in [2.75, 3.05) is 13.1 Å². The number of hydrogen-bond acceptors (Lipinski definition) is 5. The van der Waals surface area contributed by atoms with Crippen LogP contribution in [-0.4, -0.2) is 40.2 Å². The predicted molar refractivity (Wildman–Crippen MR) is 58.9 cm³/mol. The lowest BCUT2D eigenvalue weighted by Crippen LogP contribution is -2.33. The van der Waals surface area contributed by atoms with Gasteiger partial charge in [0.25, 0.3) is 0 Å². The topological polar surface area (TPSA) is 54.2 Å². The van der Waals surface area contributed by atoms with E-state index in [1.807, 2.05) is 6.92 Å². The Bertz CT molecular complexity index is 361. The molecule has 5 nitrogen and oxygen atoms in total. The monoisotopic (exact) mass is 222 g/mol. The number of nitrogens with zero attached hydrogens (tertiary/aromatic N) is 3. The molecular weight excluding hydrogens is 204 g/mol. The second-order valence-electron chi connectivity index (χ2n) is 4.89. The minimum Gasteiger partial charge on any atom is -0.340 e. The summed E-state index contributed by atoms with van der Waals surface area (Å²) < 4.78 is 4.97. The van der Waals surface area contributed by atoms with E-state index in [0.717, 1.165) is 31.5 Å². The molecule has 2 heterocycles. The third-order valence-electron chi connectivity index (χ3n) is 3.26. The standard InChI is InChI=1S/C11H18N4O/c1-8-12-11(14-16-8)7-15-5-4-10(6-15)13-9-2-3-9/h9-10,13H,2-7H2,1H3. The average Bonchev–Trinajstić information content (AvgIpc) is 2.80. The maximum Gasteiger partial charge on any atom is 0.223 e. The zero-order chi connectivity index (χ0) is 11.0. The second kappa shape index (κ2) is 4.14. The lowest BCUT2D eigenvalue weighted by atomic mass is 10.2. The van der Waals surface area contributed by atoms with Crippen LogP contribution in [0.25, 0.3) is 0 Å². The van der Waals surface area contributed by atoms with Gasteiger partial charge in [0.05, 0.1) is 6.54 Å². The Morgan fingerprint density at radius 3 is 2.94 bits per heavy atom. The van der Waals surface area contributed by atoms with Crippen molar-refractivity contribution in [1.82, 2.24) is 20.4 Å². The molecule has 0 aromatic carbocycles.